The van der Waals surface area contributed by atoms with Crippen LogP contribution in [0.4, 0.5) is 5.69 Å². The lowest BCUT2D eigenvalue weighted by atomic mass is 10.0. The Kier molecular flexibility index (Phi) is 6.77. The Bertz CT molecular complexity index is 1190. The fourth-order valence-corrected chi connectivity index (χ4v) is 3.73. The molecular weight excluding hydrogens is 449 g/mol. The van der Waals surface area contributed by atoms with Crippen LogP contribution < -0.4 is 5.32 Å². The second-order valence-electron chi connectivity index (χ2n) is 7.22. The summed E-state index contributed by atoms with van der Waals surface area (Å²) in [5.74, 6) is 0.497. The minimum atomic E-state index is -1.29. The van der Waals surface area contributed by atoms with Crippen molar-refractivity contribution in [2.45, 2.75) is 26.4 Å². The quantitative estimate of drug-likeness (QED) is 0.238. The Morgan fingerprint density at radius 2 is 1.66 bits per heavy atom. The zero-order chi connectivity index (χ0) is 22.7. The molecule has 32 heavy (non-hydrogen) atoms. The van der Waals surface area contributed by atoms with Gasteiger partial charge in [-0.2, -0.15) is 0 Å². The van der Waals surface area contributed by atoms with E-state index in [2.05, 4.69) is 15.5 Å². The summed E-state index contributed by atoms with van der Waals surface area (Å²) in [4.78, 5) is 4.11. The van der Waals surface area contributed by atoms with Crippen molar-refractivity contribution in [2.75, 3.05) is 5.32 Å². The fraction of sp³-hybridized carbons (Fsp3) is 0.167. The van der Waals surface area contributed by atoms with Crippen molar-refractivity contribution >= 4 is 28.9 Å². The number of nitrogens with one attached hydrogen (secondary N) is 1. The first-order valence-electron chi connectivity index (χ1n) is 9.95. The number of anilines is 1. The Morgan fingerprint density at radius 3 is 2.34 bits per heavy atom. The van der Waals surface area contributed by atoms with Crippen molar-refractivity contribution in [1.82, 2.24) is 10.1 Å². The highest BCUT2D eigenvalue weighted by molar-refractivity contribution is 6.31. The molecule has 0 spiro atoms. The number of ether oxygens (including phenoxy) is 1. The molecular formula is C24H21Cl2N3O3. The number of aryl methyl sites for hydroxylation is 1. The number of rotatable bonds is 7. The van der Waals surface area contributed by atoms with Gasteiger partial charge >= 0.3 is 0 Å². The van der Waals surface area contributed by atoms with Gasteiger partial charge in [0.15, 0.2) is 5.76 Å². The first-order chi connectivity index (χ1) is 15.4. The lowest BCUT2D eigenvalue weighted by Crippen LogP contribution is -2.24. The number of hydrogen-bond acceptors (Lipinski definition) is 6. The Labute approximate surface area is 195 Å². The first kappa shape index (κ1) is 22.3. The predicted octanol–water partition coefficient (Wildman–Crippen LogP) is 6.48. The van der Waals surface area contributed by atoms with E-state index in [1.54, 1.807) is 25.3 Å². The third kappa shape index (κ3) is 4.95. The number of pyridine rings is 1. The molecule has 4 rings (SSSR count). The molecule has 0 radical (unpaired) electrons. The van der Waals surface area contributed by atoms with E-state index in [-0.39, 0.29) is 0 Å². The summed E-state index contributed by atoms with van der Waals surface area (Å²) in [6, 6.07) is 18.7. The van der Waals surface area contributed by atoms with Crippen molar-refractivity contribution in [3.05, 3.63) is 88.3 Å². The zero-order valence-corrected chi connectivity index (χ0v) is 18.9. The molecule has 2 heterocycles. The molecule has 0 aliphatic carbocycles. The molecule has 2 aromatic heterocycles. The number of hydrogen-bond donors (Lipinski definition) is 2. The topological polar surface area (TPSA) is 80.4 Å². The smallest absolute Gasteiger partial charge is 0.236 e. The normalized spacial score (nSPS) is 13.0. The molecule has 164 valence electrons. The third-order valence-corrected chi connectivity index (χ3v) is 5.58. The molecule has 4 aromatic rings. The van der Waals surface area contributed by atoms with Crippen molar-refractivity contribution in [3.8, 4) is 22.5 Å². The van der Waals surface area contributed by atoms with E-state index in [0.717, 1.165) is 22.3 Å². The average molecular weight is 470 g/mol. The lowest BCUT2D eigenvalue weighted by molar-refractivity contribution is -0.113. The van der Waals surface area contributed by atoms with E-state index in [1.807, 2.05) is 55.5 Å². The van der Waals surface area contributed by atoms with E-state index < -0.39 is 12.5 Å². The molecule has 2 atom stereocenters. The minimum absolute atomic E-state index is 0.429. The Hall–Kier alpha value is -2.90. The van der Waals surface area contributed by atoms with Crippen molar-refractivity contribution < 1.29 is 14.4 Å². The zero-order valence-electron chi connectivity index (χ0n) is 17.4. The van der Waals surface area contributed by atoms with Crippen molar-refractivity contribution in [3.63, 3.8) is 0 Å². The number of aromatic nitrogens is 2. The van der Waals surface area contributed by atoms with Gasteiger partial charge in [-0.1, -0.05) is 70.8 Å². The van der Waals surface area contributed by atoms with Gasteiger partial charge in [-0.3, -0.25) is 0 Å². The van der Waals surface area contributed by atoms with Gasteiger partial charge in [-0.15, -0.1) is 0 Å². The number of aliphatic hydroxyl groups is 1. The van der Waals surface area contributed by atoms with E-state index in [9.17, 15) is 5.11 Å². The summed E-state index contributed by atoms with van der Waals surface area (Å²) in [6.45, 7) is 3.60. The average Bonchev–Trinajstić information content (AvgIpc) is 3.14. The molecule has 2 unspecified atom stereocenters. The highest BCUT2D eigenvalue weighted by Crippen LogP contribution is 2.33. The molecule has 2 N–H and O–H groups in total. The maximum Gasteiger partial charge on any atom is 0.236 e. The van der Waals surface area contributed by atoms with Crippen LogP contribution >= 0.6 is 23.2 Å². The van der Waals surface area contributed by atoms with Gasteiger partial charge < -0.3 is 19.7 Å². The van der Waals surface area contributed by atoms with E-state index in [4.69, 9.17) is 32.5 Å². The van der Waals surface area contributed by atoms with Gasteiger partial charge in [-0.05, 0) is 43.2 Å². The van der Waals surface area contributed by atoms with E-state index in [1.165, 1.54) is 0 Å². The number of nitrogens with zero attached hydrogens (tertiary/aromatic N) is 2. The van der Waals surface area contributed by atoms with Crippen molar-refractivity contribution in [1.29, 1.82) is 0 Å². The van der Waals surface area contributed by atoms with Crippen LogP contribution in [-0.4, -0.2) is 21.7 Å². The third-order valence-electron chi connectivity index (χ3n) is 5.01. The fourth-order valence-electron chi connectivity index (χ4n) is 3.33. The molecule has 8 heteroatoms. The molecule has 0 aliphatic rings. The molecule has 0 saturated carbocycles. The largest absolute Gasteiger partial charge is 0.354 e. The van der Waals surface area contributed by atoms with E-state index >= 15 is 0 Å². The van der Waals surface area contributed by atoms with Crippen LogP contribution in [0.2, 0.25) is 10.2 Å². The molecule has 0 bridgehead atoms. The van der Waals surface area contributed by atoms with Crippen LogP contribution in [0.15, 0.2) is 71.4 Å². The molecule has 0 saturated heterocycles. The highest BCUT2D eigenvalue weighted by atomic mass is 35.5. The first-order valence-corrected chi connectivity index (χ1v) is 10.7. The summed E-state index contributed by atoms with van der Waals surface area (Å²) < 4.78 is 11.2. The molecule has 6 nitrogen and oxygen atoms in total. The summed E-state index contributed by atoms with van der Waals surface area (Å²) in [5.41, 5.74) is 4.66. The van der Waals surface area contributed by atoms with Gasteiger partial charge in [0.1, 0.15) is 16.5 Å². The summed E-state index contributed by atoms with van der Waals surface area (Å²) in [5, 5.41) is 18.5. The van der Waals surface area contributed by atoms with Gasteiger partial charge in [0.25, 0.3) is 0 Å². The SMILES string of the molecule is Cc1noc(-c2ccc(-c3ccc(Cl)nc3)cc2)c1NC(O)OC(C)c1ccccc1Cl. The Morgan fingerprint density at radius 1 is 0.969 bits per heavy atom. The summed E-state index contributed by atoms with van der Waals surface area (Å²) in [6.07, 6.45) is -0.00355. The predicted molar refractivity (Wildman–Crippen MR) is 125 cm³/mol. The van der Waals surface area contributed by atoms with Gasteiger partial charge in [0.2, 0.25) is 6.41 Å². The van der Waals surface area contributed by atoms with E-state index in [0.29, 0.717) is 27.3 Å². The summed E-state index contributed by atoms with van der Waals surface area (Å²) in [7, 11) is 0. The van der Waals surface area contributed by atoms with Crippen molar-refractivity contribution in [2.24, 2.45) is 0 Å². The van der Waals surface area contributed by atoms with Crippen LogP contribution in [0.25, 0.3) is 22.5 Å². The van der Waals surface area contributed by atoms with Crippen LogP contribution in [0, 0.1) is 6.92 Å². The Balaban J connectivity index is 1.50. The molecule has 2 aromatic carbocycles. The molecule has 0 amide bonds. The highest BCUT2D eigenvalue weighted by Gasteiger charge is 2.20. The summed E-state index contributed by atoms with van der Waals surface area (Å²) >= 11 is 12.1. The van der Waals surface area contributed by atoms with Gasteiger partial charge in [-0.25, -0.2) is 4.98 Å². The van der Waals surface area contributed by atoms with Crippen LogP contribution in [0.5, 0.6) is 0 Å². The monoisotopic (exact) mass is 469 g/mol. The van der Waals surface area contributed by atoms with Gasteiger partial charge in [0.05, 0.1) is 6.10 Å². The van der Waals surface area contributed by atoms with Crippen LogP contribution in [-0.2, 0) is 4.74 Å². The molecule has 0 fully saturated rings. The van der Waals surface area contributed by atoms with Crippen LogP contribution in [0.1, 0.15) is 24.3 Å². The lowest BCUT2D eigenvalue weighted by Gasteiger charge is -2.20. The standard InChI is InChI=1S/C24H21Cl2N3O3/c1-14-22(28-24(30)31-15(2)19-5-3-4-6-20(19)25)23(32-29-14)17-9-7-16(8-10-17)18-11-12-21(26)27-13-18/h3-13,15,24,28,30H,1-2H3. The second kappa shape index (κ2) is 9.71. The molecule has 0 aliphatic heterocycles. The van der Waals surface area contributed by atoms with Gasteiger partial charge in [0, 0.05) is 22.3 Å². The number of aliphatic hydroxyl groups excluding tert-OH is 1. The maximum absolute atomic E-state index is 10.5. The number of halogens is 2. The minimum Gasteiger partial charge on any atom is -0.354 e. The second-order valence-corrected chi connectivity index (χ2v) is 8.01. The number of benzene rings is 2. The maximum atomic E-state index is 10.5. The van der Waals surface area contributed by atoms with Crippen LogP contribution in [0.3, 0.4) is 0 Å².